The van der Waals surface area contributed by atoms with Crippen molar-refractivity contribution in [2.45, 2.75) is 32.9 Å². The van der Waals surface area contributed by atoms with Crippen molar-refractivity contribution < 1.29 is 4.74 Å². The molecule has 2 atom stereocenters. The molecule has 0 bridgehead atoms. The molecule has 1 heterocycles. The van der Waals surface area contributed by atoms with Gasteiger partial charge in [-0.2, -0.15) is 0 Å². The summed E-state index contributed by atoms with van der Waals surface area (Å²) in [4.78, 5) is 4.96. The predicted molar refractivity (Wildman–Crippen MR) is 67.6 cm³/mol. The summed E-state index contributed by atoms with van der Waals surface area (Å²) in [7, 11) is 0. The molecule has 16 heavy (non-hydrogen) atoms. The summed E-state index contributed by atoms with van der Waals surface area (Å²) >= 11 is 0. The van der Waals surface area contributed by atoms with Crippen molar-refractivity contribution in [2.75, 3.05) is 45.9 Å². The van der Waals surface area contributed by atoms with Gasteiger partial charge in [0.15, 0.2) is 0 Å². The molecule has 0 amide bonds. The first-order valence-corrected chi connectivity index (χ1v) is 6.49. The summed E-state index contributed by atoms with van der Waals surface area (Å²) in [5.41, 5.74) is 5.66. The largest absolute Gasteiger partial charge is 0.374 e. The number of ether oxygens (including phenoxy) is 1. The molecule has 0 radical (unpaired) electrons. The number of morpholine rings is 1. The van der Waals surface area contributed by atoms with E-state index in [9.17, 15) is 0 Å². The Morgan fingerprint density at radius 3 is 2.62 bits per heavy atom. The van der Waals surface area contributed by atoms with Crippen molar-refractivity contribution >= 4 is 0 Å². The van der Waals surface area contributed by atoms with Crippen LogP contribution < -0.4 is 5.73 Å². The van der Waals surface area contributed by atoms with Gasteiger partial charge in [0.25, 0.3) is 0 Å². The Kier molecular flexibility index (Phi) is 6.28. The fourth-order valence-electron chi connectivity index (χ4n) is 2.14. The maximum absolute atomic E-state index is 5.66. The van der Waals surface area contributed by atoms with Crippen molar-refractivity contribution in [1.29, 1.82) is 0 Å². The molecule has 0 saturated carbocycles. The minimum atomic E-state index is 0.230. The molecule has 0 aromatic carbocycles. The molecule has 1 fully saturated rings. The van der Waals surface area contributed by atoms with Crippen LogP contribution in [0.25, 0.3) is 0 Å². The van der Waals surface area contributed by atoms with E-state index in [1.807, 2.05) is 0 Å². The van der Waals surface area contributed by atoms with Crippen LogP contribution >= 0.6 is 0 Å². The first-order valence-electron chi connectivity index (χ1n) is 6.49. The molecule has 1 aliphatic rings. The van der Waals surface area contributed by atoms with Crippen LogP contribution in [-0.4, -0.2) is 67.8 Å². The third-order valence-electron chi connectivity index (χ3n) is 3.50. The van der Waals surface area contributed by atoms with E-state index in [1.165, 1.54) is 0 Å². The number of rotatable bonds is 6. The van der Waals surface area contributed by atoms with Crippen LogP contribution in [0.15, 0.2) is 0 Å². The Balaban J connectivity index is 2.33. The minimum absolute atomic E-state index is 0.230. The van der Waals surface area contributed by atoms with Crippen LogP contribution in [0.2, 0.25) is 0 Å². The highest BCUT2D eigenvalue weighted by Gasteiger charge is 2.24. The van der Waals surface area contributed by atoms with Crippen LogP contribution in [0.1, 0.15) is 20.8 Å². The van der Waals surface area contributed by atoms with Gasteiger partial charge in [0.05, 0.1) is 12.7 Å². The second kappa shape index (κ2) is 7.22. The van der Waals surface area contributed by atoms with E-state index in [1.54, 1.807) is 0 Å². The van der Waals surface area contributed by atoms with Crippen molar-refractivity contribution in [3.05, 3.63) is 0 Å². The lowest BCUT2D eigenvalue weighted by Gasteiger charge is -2.38. The SMILES string of the molecule is CCN(CC)CCN1CC(CN)OCC1C. The lowest BCUT2D eigenvalue weighted by atomic mass is 10.2. The average molecular weight is 229 g/mol. The molecule has 0 aliphatic carbocycles. The van der Waals surface area contributed by atoms with Gasteiger partial charge in [-0.3, -0.25) is 4.90 Å². The molecule has 1 rings (SSSR count). The molecule has 4 heteroatoms. The van der Waals surface area contributed by atoms with E-state index >= 15 is 0 Å². The number of nitrogens with two attached hydrogens (primary N) is 1. The highest BCUT2D eigenvalue weighted by atomic mass is 16.5. The standard InChI is InChI=1S/C12H27N3O/c1-4-14(5-2)6-7-15-9-12(8-13)16-10-11(15)3/h11-12H,4-10,13H2,1-3H3. The molecule has 4 nitrogen and oxygen atoms in total. The maximum Gasteiger partial charge on any atom is 0.0824 e. The van der Waals surface area contributed by atoms with Gasteiger partial charge in [-0.15, -0.1) is 0 Å². The van der Waals surface area contributed by atoms with Crippen molar-refractivity contribution in [3.8, 4) is 0 Å². The summed E-state index contributed by atoms with van der Waals surface area (Å²) in [5.74, 6) is 0. The lowest BCUT2D eigenvalue weighted by molar-refractivity contribution is -0.0552. The van der Waals surface area contributed by atoms with E-state index in [0.717, 1.165) is 39.3 Å². The summed E-state index contributed by atoms with van der Waals surface area (Å²) in [5, 5.41) is 0. The molecular formula is C12H27N3O. The molecule has 96 valence electrons. The Hall–Kier alpha value is -0.160. The molecule has 2 unspecified atom stereocenters. The topological polar surface area (TPSA) is 41.7 Å². The monoisotopic (exact) mass is 229 g/mol. The van der Waals surface area contributed by atoms with Gasteiger partial charge < -0.3 is 15.4 Å². The molecule has 1 aliphatic heterocycles. The van der Waals surface area contributed by atoms with Gasteiger partial charge in [0.1, 0.15) is 0 Å². The smallest absolute Gasteiger partial charge is 0.0824 e. The average Bonchev–Trinajstić information content (AvgIpc) is 2.32. The number of likely N-dealkylation sites (N-methyl/N-ethyl adjacent to an activating group) is 1. The van der Waals surface area contributed by atoms with Crippen LogP contribution in [0.3, 0.4) is 0 Å². The lowest BCUT2D eigenvalue weighted by Crippen LogP contribution is -2.52. The quantitative estimate of drug-likeness (QED) is 0.715. The van der Waals surface area contributed by atoms with Crippen molar-refractivity contribution in [3.63, 3.8) is 0 Å². The Labute approximate surface area is 99.7 Å². The van der Waals surface area contributed by atoms with Crippen LogP contribution in [0.5, 0.6) is 0 Å². The summed E-state index contributed by atoms with van der Waals surface area (Å²) in [6, 6.07) is 0.526. The third-order valence-corrected chi connectivity index (χ3v) is 3.50. The van der Waals surface area contributed by atoms with Gasteiger partial charge >= 0.3 is 0 Å². The number of hydrogen-bond donors (Lipinski definition) is 1. The highest BCUT2D eigenvalue weighted by molar-refractivity contribution is 4.78. The fourth-order valence-corrected chi connectivity index (χ4v) is 2.14. The van der Waals surface area contributed by atoms with Crippen LogP contribution in [-0.2, 0) is 4.74 Å². The number of nitrogens with zero attached hydrogens (tertiary/aromatic N) is 2. The van der Waals surface area contributed by atoms with E-state index in [-0.39, 0.29) is 6.10 Å². The fraction of sp³-hybridized carbons (Fsp3) is 1.00. The summed E-state index contributed by atoms with van der Waals surface area (Å²) in [6.07, 6.45) is 0.230. The van der Waals surface area contributed by atoms with E-state index < -0.39 is 0 Å². The van der Waals surface area contributed by atoms with Crippen molar-refractivity contribution in [2.24, 2.45) is 5.73 Å². The number of hydrogen-bond acceptors (Lipinski definition) is 4. The van der Waals surface area contributed by atoms with E-state index in [2.05, 4.69) is 30.6 Å². The predicted octanol–water partition coefficient (Wildman–Crippen LogP) is 0.376. The van der Waals surface area contributed by atoms with E-state index in [4.69, 9.17) is 10.5 Å². The summed E-state index contributed by atoms with van der Waals surface area (Å²) < 4.78 is 5.65. The van der Waals surface area contributed by atoms with Gasteiger partial charge in [0.2, 0.25) is 0 Å². The molecule has 0 aromatic rings. The maximum atomic E-state index is 5.66. The molecule has 1 saturated heterocycles. The summed E-state index contributed by atoms with van der Waals surface area (Å²) in [6.45, 7) is 13.6. The molecule has 0 aromatic heterocycles. The first kappa shape index (κ1) is 13.9. The van der Waals surface area contributed by atoms with Gasteiger partial charge in [-0.1, -0.05) is 13.8 Å². The molecular weight excluding hydrogens is 202 g/mol. The normalized spacial score (nSPS) is 27.6. The Morgan fingerprint density at radius 2 is 2.06 bits per heavy atom. The van der Waals surface area contributed by atoms with Gasteiger partial charge in [-0.25, -0.2) is 0 Å². The highest BCUT2D eigenvalue weighted by Crippen LogP contribution is 2.10. The third kappa shape index (κ3) is 4.01. The molecule has 0 spiro atoms. The second-order valence-electron chi connectivity index (χ2n) is 4.56. The van der Waals surface area contributed by atoms with E-state index in [0.29, 0.717) is 12.6 Å². The first-order chi connectivity index (χ1) is 7.71. The second-order valence-corrected chi connectivity index (χ2v) is 4.56. The van der Waals surface area contributed by atoms with Gasteiger partial charge in [-0.05, 0) is 20.0 Å². The van der Waals surface area contributed by atoms with Crippen LogP contribution in [0.4, 0.5) is 0 Å². The minimum Gasteiger partial charge on any atom is -0.374 e. The Bertz CT molecular complexity index is 185. The molecule has 2 N–H and O–H groups in total. The van der Waals surface area contributed by atoms with Crippen molar-refractivity contribution in [1.82, 2.24) is 9.80 Å². The zero-order valence-corrected chi connectivity index (χ0v) is 11.0. The van der Waals surface area contributed by atoms with Crippen LogP contribution in [0, 0.1) is 0 Å². The Morgan fingerprint density at radius 1 is 1.38 bits per heavy atom. The van der Waals surface area contributed by atoms with Gasteiger partial charge in [0, 0.05) is 32.2 Å². The zero-order valence-electron chi connectivity index (χ0n) is 11.0. The zero-order chi connectivity index (χ0) is 12.0.